The van der Waals surface area contributed by atoms with Crippen LogP contribution in [0.2, 0.25) is 0 Å². The molecule has 0 saturated carbocycles. The second kappa shape index (κ2) is 7.84. The maximum absolute atomic E-state index is 2.38. The Balaban J connectivity index is 3.27. The predicted molar refractivity (Wildman–Crippen MR) is 52.8 cm³/mol. The summed E-state index contributed by atoms with van der Waals surface area (Å²) in [5.41, 5.74) is 1.58. The molecule has 0 amide bonds. The average molecular weight is 154 g/mol. The van der Waals surface area contributed by atoms with Crippen LogP contribution < -0.4 is 0 Å². The van der Waals surface area contributed by atoms with E-state index in [4.69, 9.17) is 0 Å². The molecule has 0 aliphatic heterocycles. The van der Waals surface area contributed by atoms with Crippen molar-refractivity contribution in [2.75, 3.05) is 0 Å². The maximum atomic E-state index is 2.38. The van der Waals surface area contributed by atoms with Gasteiger partial charge >= 0.3 is 0 Å². The molecule has 11 heavy (non-hydrogen) atoms. The predicted octanol–water partition coefficient (Wildman–Crippen LogP) is 4.31. The summed E-state index contributed by atoms with van der Waals surface area (Å²) in [6, 6.07) is 0. The van der Waals surface area contributed by atoms with Crippen LogP contribution in [-0.4, -0.2) is 0 Å². The third kappa shape index (κ3) is 7.64. The fourth-order valence-electron chi connectivity index (χ4n) is 1.15. The molecular weight excluding hydrogens is 132 g/mol. The normalized spacial score (nSPS) is 12.1. The molecule has 0 unspecified atom stereocenters. The Labute approximate surface area is 71.7 Å². The molecule has 0 atom stereocenters. The number of allylic oxidation sites excluding steroid dienone is 2. The highest BCUT2D eigenvalue weighted by atomic mass is 13.9. The Morgan fingerprint density at radius 1 is 1.09 bits per heavy atom. The molecule has 0 aliphatic rings. The van der Waals surface area contributed by atoms with Crippen molar-refractivity contribution in [3.63, 3.8) is 0 Å². The van der Waals surface area contributed by atoms with Crippen LogP contribution in [0.3, 0.4) is 0 Å². The molecular formula is C11H22. The molecule has 0 rings (SSSR count). The number of unbranched alkanes of at least 4 members (excludes halogenated alkanes) is 3. The van der Waals surface area contributed by atoms with Crippen LogP contribution in [0.15, 0.2) is 11.6 Å². The summed E-state index contributed by atoms with van der Waals surface area (Å²) in [5.74, 6) is 0. The molecule has 0 nitrogen and oxygen atoms in total. The standard InChI is InChI=1S/C11H22/c1-4-6-8-10-11(3)9-7-5-2/h9H,4-8,10H2,1-3H3. The Morgan fingerprint density at radius 3 is 2.36 bits per heavy atom. The number of hydrogen-bond donors (Lipinski definition) is 0. The Kier molecular flexibility index (Phi) is 7.66. The molecule has 0 heteroatoms. The second-order valence-corrected chi connectivity index (χ2v) is 3.30. The molecule has 66 valence electrons. The van der Waals surface area contributed by atoms with Gasteiger partial charge in [-0.15, -0.1) is 0 Å². The first kappa shape index (κ1) is 10.7. The van der Waals surface area contributed by atoms with E-state index in [0.717, 1.165) is 0 Å². The molecule has 0 N–H and O–H groups in total. The smallest absolute Gasteiger partial charge is 0.0323 e. The van der Waals surface area contributed by atoms with Crippen molar-refractivity contribution in [3.05, 3.63) is 11.6 Å². The zero-order valence-corrected chi connectivity index (χ0v) is 8.32. The summed E-state index contributed by atoms with van der Waals surface area (Å²) in [4.78, 5) is 0. The summed E-state index contributed by atoms with van der Waals surface area (Å²) >= 11 is 0. The van der Waals surface area contributed by atoms with Gasteiger partial charge in [-0.2, -0.15) is 0 Å². The summed E-state index contributed by atoms with van der Waals surface area (Å²) in [6.45, 7) is 6.74. The topological polar surface area (TPSA) is 0 Å². The zero-order chi connectivity index (χ0) is 8.53. The van der Waals surface area contributed by atoms with Crippen molar-refractivity contribution < 1.29 is 0 Å². The molecule has 0 fully saturated rings. The SMILES string of the molecule is CCCC=C(C)CCCCC. The van der Waals surface area contributed by atoms with Crippen molar-refractivity contribution in [2.45, 2.75) is 59.3 Å². The van der Waals surface area contributed by atoms with Crippen LogP contribution in [0.1, 0.15) is 59.3 Å². The van der Waals surface area contributed by atoms with Gasteiger partial charge in [0.25, 0.3) is 0 Å². The minimum Gasteiger partial charge on any atom is -0.0856 e. The van der Waals surface area contributed by atoms with Crippen molar-refractivity contribution in [1.82, 2.24) is 0 Å². The quantitative estimate of drug-likeness (QED) is 0.395. The van der Waals surface area contributed by atoms with Crippen LogP contribution in [-0.2, 0) is 0 Å². The third-order valence-corrected chi connectivity index (χ3v) is 1.96. The molecule has 0 saturated heterocycles. The molecule has 0 aliphatic carbocycles. The lowest BCUT2D eigenvalue weighted by Crippen LogP contribution is -1.78. The summed E-state index contributed by atoms with van der Waals surface area (Å²) < 4.78 is 0. The average Bonchev–Trinajstić information content (AvgIpc) is 2.01. The van der Waals surface area contributed by atoms with Crippen molar-refractivity contribution in [3.8, 4) is 0 Å². The van der Waals surface area contributed by atoms with E-state index in [1.165, 1.54) is 38.5 Å². The first-order valence-electron chi connectivity index (χ1n) is 4.96. The van der Waals surface area contributed by atoms with Crippen LogP contribution in [0.4, 0.5) is 0 Å². The minimum absolute atomic E-state index is 1.26. The lowest BCUT2D eigenvalue weighted by atomic mass is 10.1. The van der Waals surface area contributed by atoms with E-state index in [0.29, 0.717) is 0 Å². The van der Waals surface area contributed by atoms with Crippen LogP contribution in [0.5, 0.6) is 0 Å². The van der Waals surface area contributed by atoms with Gasteiger partial charge in [0.1, 0.15) is 0 Å². The lowest BCUT2D eigenvalue weighted by Gasteiger charge is -1.99. The fourth-order valence-corrected chi connectivity index (χ4v) is 1.15. The van der Waals surface area contributed by atoms with Gasteiger partial charge in [-0.1, -0.05) is 44.8 Å². The van der Waals surface area contributed by atoms with Gasteiger partial charge in [-0.05, 0) is 26.2 Å². The van der Waals surface area contributed by atoms with Gasteiger partial charge < -0.3 is 0 Å². The summed E-state index contributed by atoms with van der Waals surface area (Å²) in [5, 5.41) is 0. The minimum atomic E-state index is 1.26. The molecule has 0 spiro atoms. The largest absolute Gasteiger partial charge is 0.0856 e. The molecule has 0 aromatic rings. The van der Waals surface area contributed by atoms with E-state index in [2.05, 4.69) is 26.8 Å². The van der Waals surface area contributed by atoms with E-state index in [9.17, 15) is 0 Å². The van der Waals surface area contributed by atoms with Gasteiger partial charge in [0.05, 0.1) is 0 Å². The van der Waals surface area contributed by atoms with Crippen LogP contribution >= 0.6 is 0 Å². The van der Waals surface area contributed by atoms with Crippen LogP contribution in [0.25, 0.3) is 0 Å². The maximum Gasteiger partial charge on any atom is -0.0323 e. The molecule has 0 radical (unpaired) electrons. The second-order valence-electron chi connectivity index (χ2n) is 3.30. The monoisotopic (exact) mass is 154 g/mol. The summed E-state index contributed by atoms with van der Waals surface area (Å²) in [7, 11) is 0. The molecule has 0 aromatic heterocycles. The van der Waals surface area contributed by atoms with Gasteiger partial charge in [-0.3, -0.25) is 0 Å². The fraction of sp³-hybridized carbons (Fsp3) is 0.818. The highest BCUT2D eigenvalue weighted by Crippen LogP contribution is 2.09. The van der Waals surface area contributed by atoms with E-state index in [1.807, 2.05) is 0 Å². The first-order chi connectivity index (χ1) is 5.31. The van der Waals surface area contributed by atoms with Gasteiger partial charge in [0, 0.05) is 0 Å². The van der Waals surface area contributed by atoms with Crippen LogP contribution in [0, 0.1) is 0 Å². The Bertz CT molecular complexity index is 101. The highest BCUT2D eigenvalue weighted by molar-refractivity contribution is 4.97. The van der Waals surface area contributed by atoms with E-state index >= 15 is 0 Å². The van der Waals surface area contributed by atoms with Gasteiger partial charge in [0.2, 0.25) is 0 Å². The van der Waals surface area contributed by atoms with Crippen molar-refractivity contribution in [1.29, 1.82) is 0 Å². The number of hydrogen-bond acceptors (Lipinski definition) is 0. The molecule has 0 heterocycles. The highest BCUT2D eigenvalue weighted by Gasteiger charge is 1.88. The third-order valence-electron chi connectivity index (χ3n) is 1.96. The van der Waals surface area contributed by atoms with Gasteiger partial charge in [-0.25, -0.2) is 0 Å². The summed E-state index contributed by atoms with van der Waals surface area (Å²) in [6.07, 6.45) is 10.3. The van der Waals surface area contributed by atoms with E-state index < -0.39 is 0 Å². The van der Waals surface area contributed by atoms with Crippen molar-refractivity contribution >= 4 is 0 Å². The Hall–Kier alpha value is -0.260. The number of rotatable bonds is 6. The zero-order valence-electron chi connectivity index (χ0n) is 8.32. The lowest BCUT2D eigenvalue weighted by molar-refractivity contribution is 0.710. The van der Waals surface area contributed by atoms with Gasteiger partial charge in [0.15, 0.2) is 0 Å². The molecule has 0 bridgehead atoms. The first-order valence-corrected chi connectivity index (χ1v) is 4.96. The van der Waals surface area contributed by atoms with Crippen molar-refractivity contribution in [2.24, 2.45) is 0 Å². The van der Waals surface area contributed by atoms with E-state index in [1.54, 1.807) is 5.57 Å². The Morgan fingerprint density at radius 2 is 1.82 bits per heavy atom. The van der Waals surface area contributed by atoms with E-state index in [-0.39, 0.29) is 0 Å². The molecule has 0 aromatic carbocycles.